The quantitative estimate of drug-likeness (QED) is 0.563. The maximum absolute atomic E-state index is 10.6. The number of hydrogen-bond donors (Lipinski definition) is 0. The second-order valence-corrected chi connectivity index (χ2v) is 4.17. The van der Waals surface area contributed by atoms with Crippen molar-refractivity contribution in [3.63, 3.8) is 0 Å². The van der Waals surface area contributed by atoms with Crippen LogP contribution in [0.1, 0.15) is 19.3 Å². The van der Waals surface area contributed by atoms with Crippen molar-refractivity contribution in [2.24, 2.45) is 5.92 Å². The highest BCUT2D eigenvalue weighted by Gasteiger charge is 2.21. The Morgan fingerprint density at radius 1 is 1.41 bits per heavy atom. The molecule has 1 saturated carbocycles. The largest absolute Gasteiger partial charge is 0.493 e. The Morgan fingerprint density at radius 3 is 2.76 bits per heavy atom. The molecule has 0 atom stereocenters. The molecule has 0 saturated heterocycles. The normalized spacial score (nSPS) is 14.4. The number of rotatable bonds is 6. The van der Waals surface area contributed by atoms with Gasteiger partial charge in [0.1, 0.15) is 0 Å². The molecule has 2 rings (SSSR count). The van der Waals surface area contributed by atoms with Crippen molar-refractivity contribution in [3.05, 3.63) is 28.3 Å². The van der Waals surface area contributed by atoms with E-state index in [0.717, 1.165) is 12.3 Å². The molecule has 1 fully saturated rings. The number of benzene rings is 1. The van der Waals surface area contributed by atoms with E-state index in [1.165, 1.54) is 32.1 Å². The molecule has 5 heteroatoms. The topological polar surface area (TPSA) is 61.6 Å². The highest BCUT2D eigenvalue weighted by Crippen LogP contribution is 2.34. The van der Waals surface area contributed by atoms with Crippen LogP contribution in [-0.4, -0.2) is 18.6 Å². The summed E-state index contributed by atoms with van der Waals surface area (Å²) < 4.78 is 10.6. The maximum atomic E-state index is 10.6. The van der Waals surface area contributed by atoms with E-state index in [1.807, 2.05) is 0 Å². The Hall–Kier alpha value is -1.78. The lowest BCUT2D eigenvalue weighted by atomic mass is 10.2. The van der Waals surface area contributed by atoms with Crippen LogP contribution in [0.25, 0.3) is 0 Å². The van der Waals surface area contributed by atoms with E-state index in [-0.39, 0.29) is 5.69 Å². The molecule has 0 N–H and O–H groups in total. The average molecular weight is 237 g/mol. The van der Waals surface area contributed by atoms with E-state index in [2.05, 4.69) is 0 Å². The van der Waals surface area contributed by atoms with E-state index in [9.17, 15) is 10.1 Å². The van der Waals surface area contributed by atoms with Crippen LogP contribution in [0.4, 0.5) is 5.69 Å². The number of ether oxygens (including phenoxy) is 2. The second kappa shape index (κ2) is 5.03. The lowest BCUT2D eigenvalue weighted by Crippen LogP contribution is -2.00. The molecule has 1 aliphatic rings. The fraction of sp³-hybridized carbons (Fsp3) is 0.500. The van der Waals surface area contributed by atoms with Crippen LogP contribution in [0.5, 0.6) is 11.5 Å². The first-order valence-corrected chi connectivity index (χ1v) is 5.66. The van der Waals surface area contributed by atoms with Gasteiger partial charge in [0.05, 0.1) is 24.7 Å². The summed E-state index contributed by atoms with van der Waals surface area (Å²) in [5.41, 5.74) is 0.0105. The lowest BCUT2D eigenvalue weighted by Gasteiger charge is -2.09. The minimum absolute atomic E-state index is 0.0105. The standard InChI is InChI=1S/C12H15NO4/c1-16-12-8-10(13(14)15)4-5-11(12)17-7-6-9-2-3-9/h4-5,8-9H,2-3,6-7H2,1H3. The fourth-order valence-electron chi connectivity index (χ4n) is 1.63. The summed E-state index contributed by atoms with van der Waals surface area (Å²) >= 11 is 0. The number of nitro groups is 1. The van der Waals surface area contributed by atoms with Gasteiger partial charge >= 0.3 is 0 Å². The van der Waals surface area contributed by atoms with Crippen LogP contribution < -0.4 is 9.47 Å². The third kappa shape index (κ3) is 3.09. The van der Waals surface area contributed by atoms with E-state index in [4.69, 9.17) is 9.47 Å². The molecule has 0 aromatic heterocycles. The average Bonchev–Trinajstić information content (AvgIpc) is 3.13. The Balaban J connectivity index is 2.01. The van der Waals surface area contributed by atoms with Gasteiger partial charge in [0.2, 0.25) is 0 Å². The first-order chi connectivity index (χ1) is 8.20. The lowest BCUT2D eigenvalue weighted by molar-refractivity contribution is -0.384. The second-order valence-electron chi connectivity index (χ2n) is 4.17. The molecule has 0 aliphatic heterocycles. The Kier molecular flexibility index (Phi) is 3.46. The van der Waals surface area contributed by atoms with E-state index in [1.54, 1.807) is 6.07 Å². The summed E-state index contributed by atoms with van der Waals surface area (Å²) in [6, 6.07) is 4.39. The maximum Gasteiger partial charge on any atom is 0.273 e. The first kappa shape index (κ1) is 11.7. The van der Waals surface area contributed by atoms with Gasteiger partial charge in [-0.3, -0.25) is 10.1 Å². The van der Waals surface area contributed by atoms with Gasteiger partial charge in [-0.2, -0.15) is 0 Å². The zero-order valence-electron chi connectivity index (χ0n) is 9.72. The summed E-state index contributed by atoms with van der Waals surface area (Å²) in [5.74, 6) is 1.78. The van der Waals surface area contributed by atoms with Gasteiger partial charge in [0.25, 0.3) is 5.69 Å². The number of non-ortho nitro benzene ring substituents is 1. The molecule has 1 aromatic carbocycles. The zero-order valence-corrected chi connectivity index (χ0v) is 9.72. The summed E-state index contributed by atoms with van der Waals surface area (Å²) in [4.78, 5) is 10.2. The SMILES string of the molecule is COc1cc([N+](=O)[O-])ccc1OCCC1CC1. The molecule has 5 nitrogen and oxygen atoms in total. The number of hydrogen-bond acceptors (Lipinski definition) is 4. The van der Waals surface area contributed by atoms with Gasteiger partial charge in [0.15, 0.2) is 11.5 Å². The van der Waals surface area contributed by atoms with Gasteiger partial charge in [0, 0.05) is 6.07 Å². The molecule has 0 bridgehead atoms. The first-order valence-electron chi connectivity index (χ1n) is 5.66. The Morgan fingerprint density at radius 2 is 2.18 bits per heavy atom. The van der Waals surface area contributed by atoms with E-state index in [0.29, 0.717) is 18.1 Å². The van der Waals surface area contributed by atoms with Crippen molar-refractivity contribution in [2.75, 3.05) is 13.7 Å². The van der Waals surface area contributed by atoms with E-state index >= 15 is 0 Å². The number of nitro benzene ring substituents is 1. The molecule has 92 valence electrons. The van der Waals surface area contributed by atoms with Crippen molar-refractivity contribution in [2.45, 2.75) is 19.3 Å². The van der Waals surface area contributed by atoms with E-state index < -0.39 is 4.92 Å². The smallest absolute Gasteiger partial charge is 0.273 e. The number of methoxy groups -OCH3 is 1. The molecule has 0 radical (unpaired) electrons. The fourth-order valence-corrected chi connectivity index (χ4v) is 1.63. The van der Waals surface area contributed by atoms with Gasteiger partial charge in [-0.05, 0) is 18.4 Å². The summed E-state index contributed by atoms with van der Waals surface area (Å²) in [5, 5.41) is 10.6. The summed E-state index contributed by atoms with van der Waals surface area (Å²) in [6.45, 7) is 0.638. The minimum Gasteiger partial charge on any atom is -0.493 e. The molecule has 1 aromatic rings. The van der Waals surface area contributed by atoms with Gasteiger partial charge < -0.3 is 9.47 Å². The van der Waals surface area contributed by atoms with Crippen LogP contribution in [0.2, 0.25) is 0 Å². The molecule has 17 heavy (non-hydrogen) atoms. The van der Waals surface area contributed by atoms with Crippen LogP contribution >= 0.6 is 0 Å². The molecular weight excluding hydrogens is 222 g/mol. The monoisotopic (exact) mass is 237 g/mol. The predicted molar refractivity (Wildman–Crippen MR) is 62.5 cm³/mol. The molecule has 0 spiro atoms. The van der Waals surface area contributed by atoms with Crippen LogP contribution in [0, 0.1) is 16.0 Å². The Labute approximate surface area is 99.5 Å². The third-order valence-electron chi connectivity index (χ3n) is 2.84. The van der Waals surface area contributed by atoms with Crippen LogP contribution in [0.15, 0.2) is 18.2 Å². The van der Waals surface area contributed by atoms with Crippen LogP contribution in [0.3, 0.4) is 0 Å². The molecule has 0 amide bonds. The highest BCUT2D eigenvalue weighted by atomic mass is 16.6. The van der Waals surface area contributed by atoms with Gasteiger partial charge in [-0.25, -0.2) is 0 Å². The van der Waals surface area contributed by atoms with Crippen molar-refractivity contribution in [1.82, 2.24) is 0 Å². The minimum atomic E-state index is -0.448. The zero-order chi connectivity index (χ0) is 12.3. The molecule has 0 heterocycles. The van der Waals surface area contributed by atoms with Gasteiger partial charge in [-0.1, -0.05) is 12.8 Å². The third-order valence-corrected chi connectivity index (χ3v) is 2.84. The molecular formula is C12H15NO4. The Bertz CT molecular complexity index is 415. The summed E-state index contributed by atoms with van der Waals surface area (Å²) in [7, 11) is 1.48. The predicted octanol–water partition coefficient (Wildman–Crippen LogP) is 2.78. The highest BCUT2D eigenvalue weighted by molar-refractivity contribution is 5.48. The van der Waals surface area contributed by atoms with Gasteiger partial charge in [-0.15, -0.1) is 0 Å². The van der Waals surface area contributed by atoms with Crippen molar-refractivity contribution < 1.29 is 14.4 Å². The molecule has 0 unspecified atom stereocenters. The summed E-state index contributed by atoms with van der Waals surface area (Å²) in [6.07, 6.45) is 3.63. The van der Waals surface area contributed by atoms with Crippen molar-refractivity contribution in [1.29, 1.82) is 0 Å². The van der Waals surface area contributed by atoms with Crippen LogP contribution in [-0.2, 0) is 0 Å². The molecule has 1 aliphatic carbocycles. The number of nitrogens with zero attached hydrogens (tertiary/aromatic N) is 1. The van der Waals surface area contributed by atoms with Crippen molar-refractivity contribution >= 4 is 5.69 Å². The van der Waals surface area contributed by atoms with Crippen molar-refractivity contribution in [3.8, 4) is 11.5 Å².